The molecule has 9 heteroatoms. The maximum Gasteiger partial charge on any atom is 0.257 e. The van der Waals surface area contributed by atoms with Crippen molar-refractivity contribution in [1.29, 1.82) is 0 Å². The van der Waals surface area contributed by atoms with E-state index in [4.69, 9.17) is 4.42 Å². The van der Waals surface area contributed by atoms with Crippen LogP contribution in [0.3, 0.4) is 0 Å². The van der Waals surface area contributed by atoms with Crippen molar-refractivity contribution in [2.75, 3.05) is 24.7 Å². The number of hydrogen-bond acceptors (Lipinski definition) is 8. The highest BCUT2D eigenvalue weighted by atomic mass is 32.1. The van der Waals surface area contributed by atoms with Gasteiger partial charge < -0.3 is 25.1 Å². The van der Waals surface area contributed by atoms with E-state index in [2.05, 4.69) is 19.4 Å². The number of aromatic nitrogens is 2. The highest BCUT2D eigenvalue weighted by molar-refractivity contribution is 6.99. The zero-order valence-corrected chi connectivity index (χ0v) is 17.1. The van der Waals surface area contributed by atoms with Crippen molar-refractivity contribution in [3.8, 4) is 5.75 Å². The Hall–Kier alpha value is -3.07. The van der Waals surface area contributed by atoms with Gasteiger partial charge in [0.25, 0.3) is 5.91 Å². The topological polar surface area (TPSA) is 104 Å². The van der Waals surface area contributed by atoms with Gasteiger partial charge in [-0.05, 0) is 36.6 Å². The lowest BCUT2D eigenvalue weighted by Gasteiger charge is -2.17. The third kappa shape index (κ3) is 4.09. The molecule has 0 aliphatic carbocycles. The molecular weight excluding hydrogens is 378 g/mol. The van der Waals surface area contributed by atoms with Crippen LogP contribution < -0.4 is 10.6 Å². The van der Waals surface area contributed by atoms with Crippen LogP contribution in [0.1, 0.15) is 34.2 Å². The number of phenols is 1. The lowest BCUT2D eigenvalue weighted by Crippen LogP contribution is -2.23. The second-order valence-electron chi connectivity index (χ2n) is 6.58. The van der Waals surface area contributed by atoms with Crippen molar-refractivity contribution in [2.45, 2.75) is 26.8 Å². The van der Waals surface area contributed by atoms with E-state index in [0.29, 0.717) is 35.9 Å². The van der Waals surface area contributed by atoms with Crippen molar-refractivity contribution in [1.82, 2.24) is 13.6 Å². The Morgan fingerprint density at radius 1 is 1.29 bits per heavy atom. The van der Waals surface area contributed by atoms with Gasteiger partial charge in [0.2, 0.25) is 0 Å². The number of hydrogen-bond donors (Lipinski definition) is 3. The number of furan rings is 1. The van der Waals surface area contributed by atoms with Gasteiger partial charge >= 0.3 is 0 Å². The minimum atomic E-state index is -0.249. The number of amides is 1. The number of carbonyl (C=O) groups is 1. The Morgan fingerprint density at radius 3 is 2.68 bits per heavy atom. The summed E-state index contributed by atoms with van der Waals surface area (Å²) in [5, 5.41) is 17.0. The Balaban J connectivity index is 1.83. The zero-order chi connectivity index (χ0) is 20.3. The number of anilines is 3. The van der Waals surface area contributed by atoms with Crippen molar-refractivity contribution >= 4 is 35.0 Å². The van der Waals surface area contributed by atoms with Crippen LogP contribution in [0.2, 0.25) is 0 Å². The summed E-state index contributed by atoms with van der Waals surface area (Å²) in [6.45, 7) is 4.36. The van der Waals surface area contributed by atoms with Crippen molar-refractivity contribution < 1.29 is 14.3 Å². The number of aromatic hydroxyl groups is 1. The summed E-state index contributed by atoms with van der Waals surface area (Å²) >= 11 is 1.04. The molecule has 1 aromatic carbocycles. The molecule has 3 N–H and O–H groups in total. The predicted octanol–water partition coefficient (Wildman–Crippen LogP) is 3.77. The van der Waals surface area contributed by atoms with Crippen molar-refractivity contribution in [3.63, 3.8) is 0 Å². The number of aryl methyl sites for hydroxylation is 2. The number of nitrogens with zero attached hydrogens (tertiary/aromatic N) is 3. The fourth-order valence-electron chi connectivity index (χ4n) is 2.76. The van der Waals surface area contributed by atoms with Crippen LogP contribution in [0.15, 0.2) is 28.9 Å². The van der Waals surface area contributed by atoms with Crippen LogP contribution in [0.4, 0.5) is 17.3 Å². The van der Waals surface area contributed by atoms with E-state index in [1.807, 2.05) is 26.0 Å². The van der Waals surface area contributed by atoms with Gasteiger partial charge in [-0.1, -0.05) is 13.0 Å². The number of nitrogens with one attached hydrogen (secondary N) is 2. The summed E-state index contributed by atoms with van der Waals surface area (Å²) in [6, 6.07) is 5.51. The van der Waals surface area contributed by atoms with Gasteiger partial charge in [-0.15, -0.1) is 0 Å². The molecule has 0 atom stereocenters. The molecule has 0 saturated heterocycles. The smallest absolute Gasteiger partial charge is 0.257 e. The molecule has 2 aromatic heterocycles. The minimum absolute atomic E-state index is 0.0985. The van der Waals surface area contributed by atoms with Crippen LogP contribution in [-0.4, -0.2) is 38.8 Å². The lowest BCUT2D eigenvalue weighted by atomic mass is 10.0. The van der Waals surface area contributed by atoms with Gasteiger partial charge in [-0.2, -0.15) is 8.75 Å². The maximum atomic E-state index is 12.5. The number of benzene rings is 1. The largest absolute Gasteiger partial charge is 0.505 e. The monoisotopic (exact) mass is 401 g/mol. The van der Waals surface area contributed by atoms with E-state index in [0.717, 1.165) is 28.6 Å². The first kappa shape index (κ1) is 19.7. The number of rotatable bonds is 7. The second-order valence-corrected chi connectivity index (χ2v) is 7.11. The Labute approximate surface area is 167 Å². The molecule has 0 radical (unpaired) electrons. The molecule has 0 spiro atoms. The third-order valence-electron chi connectivity index (χ3n) is 4.22. The SMILES string of the molecule is CCc1ccc(Nc2nsnc2NCc2cc(C)co2)c(O)c1C(=O)N(C)C. The molecule has 8 nitrogen and oxygen atoms in total. The highest BCUT2D eigenvalue weighted by Gasteiger charge is 2.21. The standard InChI is InChI=1S/C19H23N5O3S/c1-5-12-6-7-14(16(25)15(12)19(26)24(3)4)21-18-17(22-28-23-18)20-9-13-8-11(2)10-27-13/h6-8,10,25H,5,9H2,1-4H3,(H,20,22)(H,21,23). The Kier molecular flexibility index (Phi) is 5.84. The summed E-state index contributed by atoms with van der Waals surface area (Å²) in [5.41, 5.74) is 2.52. The lowest BCUT2D eigenvalue weighted by molar-refractivity contribution is 0.0823. The van der Waals surface area contributed by atoms with Gasteiger partial charge in [-0.25, -0.2) is 0 Å². The first-order valence-corrected chi connectivity index (χ1v) is 9.57. The molecule has 3 aromatic rings. The molecule has 0 bridgehead atoms. The van der Waals surface area contributed by atoms with Gasteiger partial charge in [0.05, 0.1) is 35.8 Å². The van der Waals surface area contributed by atoms with Gasteiger partial charge in [0, 0.05) is 14.1 Å². The van der Waals surface area contributed by atoms with Crippen LogP contribution in [0, 0.1) is 6.92 Å². The normalized spacial score (nSPS) is 10.7. The Morgan fingerprint density at radius 2 is 2.04 bits per heavy atom. The molecule has 0 saturated carbocycles. The average Bonchev–Trinajstić information content (AvgIpc) is 3.29. The average molecular weight is 401 g/mol. The van der Waals surface area contributed by atoms with E-state index in [9.17, 15) is 9.90 Å². The van der Waals surface area contributed by atoms with Gasteiger partial charge in [0.1, 0.15) is 5.76 Å². The first-order chi connectivity index (χ1) is 13.4. The van der Waals surface area contributed by atoms with Crippen LogP contribution >= 0.6 is 11.7 Å². The fourth-order valence-corrected chi connectivity index (χ4v) is 3.25. The van der Waals surface area contributed by atoms with E-state index >= 15 is 0 Å². The van der Waals surface area contributed by atoms with E-state index in [1.54, 1.807) is 26.4 Å². The summed E-state index contributed by atoms with van der Waals surface area (Å²) in [5.74, 6) is 1.44. The highest BCUT2D eigenvalue weighted by Crippen LogP contribution is 2.35. The summed E-state index contributed by atoms with van der Waals surface area (Å²) in [7, 11) is 3.31. The fraction of sp³-hybridized carbons (Fsp3) is 0.316. The van der Waals surface area contributed by atoms with E-state index in [-0.39, 0.29) is 11.7 Å². The second kappa shape index (κ2) is 8.30. The van der Waals surface area contributed by atoms with Crippen molar-refractivity contribution in [3.05, 3.63) is 46.9 Å². The molecule has 2 heterocycles. The molecule has 0 aliphatic rings. The van der Waals surface area contributed by atoms with E-state index in [1.165, 1.54) is 4.90 Å². The molecule has 28 heavy (non-hydrogen) atoms. The zero-order valence-electron chi connectivity index (χ0n) is 16.2. The quantitative estimate of drug-likeness (QED) is 0.518. The number of phenolic OH excluding ortho intramolecular Hbond substituents is 1. The predicted molar refractivity (Wildman–Crippen MR) is 109 cm³/mol. The molecule has 0 unspecified atom stereocenters. The maximum absolute atomic E-state index is 12.5. The Bertz CT molecular complexity index is 980. The molecular formula is C19H23N5O3S. The minimum Gasteiger partial charge on any atom is -0.505 e. The summed E-state index contributed by atoms with van der Waals surface area (Å²) in [4.78, 5) is 14.0. The van der Waals surface area contributed by atoms with Crippen LogP contribution in [0.5, 0.6) is 5.75 Å². The molecule has 0 fully saturated rings. The molecule has 0 aliphatic heterocycles. The summed E-state index contributed by atoms with van der Waals surface area (Å²) in [6.07, 6.45) is 2.32. The van der Waals surface area contributed by atoms with Gasteiger partial charge in [-0.3, -0.25) is 4.79 Å². The van der Waals surface area contributed by atoms with Crippen LogP contribution in [0.25, 0.3) is 0 Å². The first-order valence-electron chi connectivity index (χ1n) is 8.84. The van der Waals surface area contributed by atoms with Crippen molar-refractivity contribution in [2.24, 2.45) is 0 Å². The number of carbonyl (C=O) groups excluding carboxylic acids is 1. The summed E-state index contributed by atoms with van der Waals surface area (Å²) < 4.78 is 13.9. The third-order valence-corrected chi connectivity index (χ3v) is 4.75. The van der Waals surface area contributed by atoms with Crippen LogP contribution in [-0.2, 0) is 13.0 Å². The van der Waals surface area contributed by atoms with Gasteiger partial charge in [0.15, 0.2) is 17.4 Å². The van der Waals surface area contributed by atoms with E-state index < -0.39 is 0 Å². The molecule has 148 valence electrons. The molecule has 1 amide bonds. The molecule has 3 rings (SSSR count).